The Morgan fingerprint density at radius 3 is 2.62 bits per heavy atom. The summed E-state index contributed by atoms with van der Waals surface area (Å²) in [6, 6.07) is 4.79. The number of carbonyl (C=O) groups is 1. The molecule has 0 aliphatic carbocycles. The standard InChI is InChI=1S/C11H7Cl2NO2/c1-5-2-3-6-9(11(15)16)7(12)4-8(13)10(6)14-5/h2-4H,1H3,(H,15,16). The van der Waals surface area contributed by atoms with E-state index in [4.69, 9.17) is 28.3 Å². The third-order valence-corrected chi connectivity index (χ3v) is 2.82. The summed E-state index contributed by atoms with van der Waals surface area (Å²) in [5.41, 5.74) is 1.27. The number of aromatic nitrogens is 1. The summed E-state index contributed by atoms with van der Waals surface area (Å²) in [4.78, 5) is 15.3. The minimum atomic E-state index is -1.09. The number of hydrogen-bond donors (Lipinski definition) is 1. The highest BCUT2D eigenvalue weighted by molar-refractivity contribution is 6.40. The highest BCUT2D eigenvalue weighted by Crippen LogP contribution is 2.31. The van der Waals surface area contributed by atoms with Gasteiger partial charge in [-0.2, -0.15) is 0 Å². The van der Waals surface area contributed by atoms with E-state index in [-0.39, 0.29) is 10.6 Å². The molecule has 0 amide bonds. The summed E-state index contributed by atoms with van der Waals surface area (Å²) in [6.45, 7) is 1.81. The van der Waals surface area contributed by atoms with E-state index in [1.807, 2.05) is 6.92 Å². The van der Waals surface area contributed by atoms with Crippen LogP contribution in [0.5, 0.6) is 0 Å². The maximum atomic E-state index is 11.1. The van der Waals surface area contributed by atoms with Crippen molar-refractivity contribution in [2.75, 3.05) is 0 Å². The number of hydrogen-bond acceptors (Lipinski definition) is 2. The van der Waals surface area contributed by atoms with Crippen molar-refractivity contribution in [2.24, 2.45) is 0 Å². The molecule has 0 unspecified atom stereocenters. The molecule has 1 aromatic heterocycles. The predicted octanol–water partition coefficient (Wildman–Crippen LogP) is 3.55. The summed E-state index contributed by atoms with van der Waals surface area (Å²) in [6.07, 6.45) is 0. The van der Waals surface area contributed by atoms with Gasteiger partial charge in [-0.1, -0.05) is 29.3 Å². The van der Waals surface area contributed by atoms with Crippen molar-refractivity contribution in [3.05, 3.63) is 39.5 Å². The number of pyridine rings is 1. The van der Waals surface area contributed by atoms with Crippen LogP contribution in [0.25, 0.3) is 10.9 Å². The van der Waals surface area contributed by atoms with E-state index in [0.29, 0.717) is 15.9 Å². The van der Waals surface area contributed by atoms with Crippen LogP contribution >= 0.6 is 23.2 Å². The number of aryl methyl sites for hydroxylation is 1. The van der Waals surface area contributed by atoms with Gasteiger partial charge in [-0.05, 0) is 19.1 Å². The minimum Gasteiger partial charge on any atom is -0.478 e. The summed E-state index contributed by atoms with van der Waals surface area (Å²) in [5, 5.41) is 10.00. The van der Waals surface area contributed by atoms with Crippen molar-refractivity contribution in [3.63, 3.8) is 0 Å². The SMILES string of the molecule is Cc1ccc2c(C(=O)O)c(Cl)cc(Cl)c2n1. The largest absolute Gasteiger partial charge is 0.478 e. The van der Waals surface area contributed by atoms with E-state index < -0.39 is 5.97 Å². The van der Waals surface area contributed by atoms with Crippen molar-refractivity contribution in [1.29, 1.82) is 0 Å². The highest BCUT2D eigenvalue weighted by atomic mass is 35.5. The molecule has 2 rings (SSSR count). The van der Waals surface area contributed by atoms with Gasteiger partial charge < -0.3 is 5.11 Å². The van der Waals surface area contributed by atoms with Crippen molar-refractivity contribution in [3.8, 4) is 0 Å². The Hall–Kier alpha value is -1.32. The fourth-order valence-corrected chi connectivity index (χ4v) is 2.14. The molecular formula is C11H7Cl2NO2. The van der Waals surface area contributed by atoms with Crippen LogP contribution in [-0.4, -0.2) is 16.1 Å². The number of nitrogens with zero attached hydrogens (tertiary/aromatic N) is 1. The molecule has 0 saturated carbocycles. The van der Waals surface area contributed by atoms with Gasteiger partial charge in [0.2, 0.25) is 0 Å². The smallest absolute Gasteiger partial charge is 0.337 e. The number of halogens is 2. The molecule has 1 aromatic carbocycles. The molecule has 0 saturated heterocycles. The van der Waals surface area contributed by atoms with Crippen LogP contribution in [0.2, 0.25) is 10.0 Å². The Morgan fingerprint density at radius 1 is 1.31 bits per heavy atom. The molecule has 0 radical (unpaired) electrons. The fourth-order valence-electron chi connectivity index (χ4n) is 1.54. The van der Waals surface area contributed by atoms with E-state index in [1.54, 1.807) is 12.1 Å². The predicted molar refractivity (Wildman–Crippen MR) is 63.5 cm³/mol. The van der Waals surface area contributed by atoms with Crippen LogP contribution in [0, 0.1) is 6.92 Å². The van der Waals surface area contributed by atoms with Crippen LogP contribution in [0.15, 0.2) is 18.2 Å². The highest BCUT2D eigenvalue weighted by Gasteiger charge is 2.16. The van der Waals surface area contributed by atoms with E-state index in [1.165, 1.54) is 6.07 Å². The first kappa shape index (κ1) is 11.2. The summed E-state index contributed by atoms with van der Waals surface area (Å²) in [5.74, 6) is -1.09. The third kappa shape index (κ3) is 1.72. The average Bonchev–Trinajstić information content (AvgIpc) is 2.18. The van der Waals surface area contributed by atoms with Gasteiger partial charge in [-0.15, -0.1) is 0 Å². The summed E-state index contributed by atoms with van der Waals surface area (Å²) in [7, 11) is 0. The van der Waals surface area contributed by atoms with Gasteiger partial charge in [0, 0.05) is 11.1 Å². The number of carboxylic acid groups (broad SMARTS) is 1. The maximum Gasteiger partial charge on any atom is 0.337 e. The zero-order chi connectivity index (χ0) is 11.9. The molecule has 82 valence electrons. The lowest BCUT2D eigenvalue weighted by atomic mass is 10.1. The summed E-state index contributed by atoms with van der Waals surface area (Å²) < 4.78 is 0. The van der Waals surface area contributed by atoms with E-state index >= 15 is 0 Å². The fraction of sp³-hybridized carbons (Fsp3) is 0.0909. The van der Waals surface area contributed by atoms with Gasteiger partial charge in [0.25, 0.3) is 0 Å². The Labute approximate surface area is 102 Å². The van der Waals surface area contributed by atoms with Gasteiger partial charge in [-0.25, -0.2) is 4.79 Å². The van der Waals surface area contributed by atoms with Gasteiger partial charge in [-0.3, -0.25) is 4.98 Å². The normalized spacial score (nSPS) is 10.7. The molecule has 16 heavy (non-hydrogen) atoms. The first-order valence-electron chi connectivity index (χ1n) is 4.49. The van der Waals surface area contributed by atoms with E-state index in [2.05, 4.69) is 4.98 Å². The molecule has 2 aromatic rings. The number of aromatic carboxylic acids is 1. The van der Waals surface area contributed by atoms with Crippen molar-refractivity contribution in [2.45, 2.75) is 6.92 Å². The number of rotatable bonds is 1. The molecule has 0 aliphatic rings. The van der Waals surface area contributed by atoms with Crippen molar-refractivity contribution >= 4 is 40.1 Å². The maximum absolute atomic E-state index is 11.1. The molecule has 0 spiro atoms. The number of carboxylic acids is 1. The Bertz CT molecular complexity index is 596. The Morgan fingerprint density at radius 2 is 2.00 bits per heavy atom. The number of benzene rings is 1. The molecule has 0 aliphatic heterocycles. The van der Waals surface area contributed by atoms with Gasteiger partial charge >= 0.3 is 5.97 Å². The van der Waals surface area contributed by atoms with Crippen LogP contribution < -0.4 is 0 Å². The second-order valence-electron chi connectivity index (χ2n) is 3.37. The quantitative estimate of drug-likeness (QED) is 0.848. The van der Waals surface area contributed by atoms with Crippen molar-refractivity contribution in [1.82, 2.24) is 4.98 Å². The van der Waals surface area contributed by atoms with Crippen LogP contribution in [0.1, 0.15) is 16.1 Å². The van der Waals surface area contributed by atoms with Gasteiger partial charge in [0.15, 0.2) is 0 Å². The second kappa shape index (κ2) is 3.92. The topological polar surface area (TPSA) is 50.2 Å². The molecule has 0 atom stereocenters. The first-order chi connectivity index (χ1) is 7.50. The lowest BCUT2D eigenvalue weighted by molar-refractivity contribution is 0.0699. The Balaban J connectivity index is 2.95. The molecule has 5 heteroatoms. The first-order valence-corrected chi connectivity index (χ1v) is 5.25. The summed E-state index contributed by atoms with van der Waals surface area (Å²) >= 11 is 11.8. The molecule has 0 bridgehead atoms. The lowest BCUT2D eigenvalue weighted by Gasteiger charge is -2.06. The molecule has 3 nitrogen and oxygen atoms in total. The molecule has 1 N–H and O–H groups in total. The van der Waals surface area contributed by atoms with Crippen LogP contribution in [0.3, 0.4) is 0 Å². The third-order valence-electron chi connectivity index (χ3n) is 2.24. The monoisotopic (exact) mass is 255 g/mol. The van der Waals surface area contributed by atoms with Gasteiger partial charge in [0.05, 0.1) is 21.1 Å². The molecular weight excluding hydrogens is 249 g/mol. The lowest BCUT2D eigenvalue weighted by Crippen LogP contribution is -2.00. The number of fused-ring (bicyclic) bond motifs is 1. The van der Waals surface area contributed by atoms with Crippen molar-refractivity contribution < 1.29 is 9.90 Å². The van der Waals surface area contributed by atoms with E-state index in [0.717, 1.165) is 5.69 Å². The second-order valence-corrected chi connectivity index (χ2v) is 4.18. The van der Waals surface area contributed by atoms with E-state index in [9.17, 15) is 4.79 Å². The Kier molecular flexibility index (Phi) is 2.74. The molecule has 1 heterocycles. The molecule has 0 fully saturated rings. The minimum absolute atomic E-state index is 0.0357. The van der Waals surface area contributed by atoms with Gasteiger partial charge in [0.1, 0.15) is 0 Å². The van der Waals surface area contributed by atoms with Crippen LogP contribution in [0.4, 0.5) is 0 Å². The zero-order valence-corrected chi connectivity index (χ0v) is 9.80. The average molecular weight is 256 g/mol. The zero-order valence-electron chi connectivity index (χ0n) is 8.29. The van der Waals surface area contributed by atoms with Crippen LogP contribution in [-0.2, 0) is 0 Å².